The maximum absolute atomic E-state index is 11.3. The Morgan fingerprint density at radius 3 is 2.81 bits per heavy atom. The van der Waals surface area contributed by atoms with E-state index in [1.165, 1.54) is 18.4 Å². The number of aliphatic hydroxyl groups excluding tert-OH is 1. The van der Waals surface area contributed by atoms with Crippen molar-refractivity contribution in [2.45, 2.75) is 13.0 Å². The number of carbonyl (C=O) groups is 1. The summed E-state index contributed by atoms with van der Waals surface area (Å²) in [5.74, 6) is -0.339. The van der Waals surface area contributed by atoms with Gasteiger partial charge >= 0.3 is 5.97 Å². The molecule has 1 N–H and O–H groups in total. The van der Waals surface area contributed by atoms with Crippen LogP contribution in [0.5, 0.6) is 0 Å². The van der Waals surface area contributed by atoms with E-state index < -0.39 is 6.10 Å². The molecule has 1 aromatic carbocycles. The number of hydrogen-bond donors (Lipinski definition) is 1. The second-order valence-corrected chi connectivity index (χ2v) is 4.68. The number of thiophene rings is 1. The van der Waals surface area contributed by atoms with Gasteiger partial charge in [-0.1, -0.05) is 6.07 Å². The number of esters is 1. The van der Waals surface area contributed by atoms with E-state index in [-0.39, 0.29) is 5.97 Å². The number of benzene rings is 1. The molecule has 0 aliphatic heterocycles. The summed E-state index contributed by atoms with van der Waals surface area (Å²) in [5, 5.41) is 10.5. The predicted octanol–water partition coefficient (Wildman–Crippen LogP) is 2.74. The van der Waals surface area contributed by atoms with Gasteiger partial charge < -0.3 is 9.84 Å². The minimum atomic E-state index is -0.473. The molecular formula is C12H12O3S. The number of aliphatic hydroxyl groups is 1. The van der Waals surface area contributed by atoms with E-state index in [1.54, 1.807) is 19.1 Å². The lowest BCUT2D eigenvalue weighted by atomic mass is 10.1. The summed E-state index contributed by atoms with van der Waals surface area (Å²) >= 11 is 1.49. The van der Waals surface area contributed by atoms with Crippen molar-refractivity contribution in [2.75, 3.05) is 7.11 Å². The molecule has 0 radical (unpaired) electrons. The van der Waals surface area contributed by atoms with Crippen LogP contribution in [-0.2, 0) is 4.74 Å². The molecule has 0 aliphatic rings. The zero-order valence-electron chi connectivity index (χ0n) is 9.06. The molecule has 0 aliphatic carbocycles. The number of rotatable bonds is 2. The number of fused-ring (bicyclic) bond motifs is 1. The molecule has 2 rings (SSSR count). The summed E-state index contributed by atoms with van der Waals surface area (Å²) in [7, 11) is 1.36. The summed E-state index contributed by atoms with van der Waals surface area (Å²) in [6.45, 7) is 1.73. The molecule has 1 atom stereocenters. The lowest BCUT2D eigenvalue weighted by Crippen LogP contribution is -1.99. The lowest BCUT2D eigenvalue weighted by Gasteiger charge is -1.98. The van der Waals surface area contributed by atoms with Gasteiger partial charge in [0.05, 0.1) is 18.8 Å². The molecule has 0 saturated heterocycles. The van der Waals surface area contributed by atoms with Crippen molar-refractivity contribution >= 4 is 27.4 Å². The van der Waals surface area contributed by atoms with E-state index in [4.69, 9.17) is 0 Å². The maximum Gasteiger partial charge on any atom is 0.337 e. The van der Waals surface area contributed by atoms with Crippen LogP contribution in [0, 0.1) is 0 Å². The second kappa shape index (κ2) is 4.23. The van der Waals surface area contributed by atoms with Crippen LogP contribution in [0.25, 0.3) is 10.1 Å². The third kappa shape index (κ3) is 1.94. The highest BCUT2D eigenvalue weighted by Gasteiger charge is 2.10. The van der Waals surface area contributed by atoms with Gasteiger partial charge in [-0.15, -0.1) is 11.3 Å². The Kier molecular flexibility index (Phi) is 2.94. The summed E-state index contributed by atoms with van der Waals surface area (Å²) < 4.78 is 5.64. The molecule has 0 amide bonds. The molecule has 1 aromatic heterocycles. The Labute approximate surface area is 97.3 Å². The van der Waals surface area contributed by atoms with Crippen molar-refractivity contribution in [1.29, 1.82) is 0 Å². The maximum atomic E-state index is 11.3. The third-order valence-electron chi connectivity index (χ3n) is 2.37. The van der Waals surface area contributed by atoms with Gasteiger partial charge in [-0.2, -0.15) is 0 Å². The first-order valence-corrected chi connectivity index (χ1v) is 5.73. The normalized spacial score (nSPS) is 12.7. The van der Waals surface area contributed by atoms with E-state index in [9.17, 15) is 9.90 Å². The van der Waals surface area contributed by atoms with Crippen molar-refractivity contribution in [3.8, 4) is 0 Å². The number of ether oxygens (including phenoxy) is 1. The van der Waals surface area contributed by atoms with Crippen LogP contribution in [0.2, 0.25) is 0 Å². The molecule has 1 unspecified atom stereocenters. The largest absolute Gasteiger partial charge is 0.465 e. The third-order valence-corrected chi connectivity index (χ3v) is 3.64. The Morgan fingerprint density at radius 1 is 1.44 bits per heavy atom. The van der Waals surface area contributed by atoms with Crippen LogP contribution < -0.4 is 0 Å². The molecule has 1 heterocycles. The number of hydrogen-bond acceptors (Lipinski definition) is 4. The van der Waals surface area contributed by atoms with Crippen LogP contribution in [0.4, 0.5) is 0 Å². The average molecular weight is 236 g/mol. The van der Waals surface area contributed by atoms with Crippen molar-refractivity contribution in [3.63, 3.8) is 0 Å². The van der Waals surface area contributed by atoms with Gasteiger partial charge in [0.2, 0.25) is 0 Å². The van der Waals surface area contributed by atoms with Gasteiger partial charge in [-0.05, 0) is 30.5 Å². The molecule has 0 saturated carbocycles. The molecule has 0 fully saturated rings. The standard InChI is InChI=1S/C12H12O3S/c1-7(13)10-5-8-3-4-9(12(14)15-2)6-11(8)16-10/h3-7,13H,1-2H3. The van der Waals surface area contributed by atoms with Crippen LogP contribution in [0.15, 0.2) is 24.3 Å². The van der Waals surface area contributed by atoms with Crippen LogP contribution >= 0.6 is 11.3 Å². The van der Waals surface area contributed by atoms with Crippen molar-refractivity contribution in [1.82, 2.24) is 0 Å². The Hall–Kier alpha value is -1.39. The van der Waals surface area contributed by atoms with Crippen molar-refractivity contribution in [2.24, 2.45) is 0 Å². The van der Waals surface area contributed by atoms with Crippen LogP contribution in [0.3, 0.4) is 0 Å². The molecule has 16 heavy (non-hydrogen) atoms. The zero-order chi connectivity index (χ0) is 11.7. The van der Waals surface area contributed by atoms with Gasteiger partial charge in [0.25, 0.3) is 0 Å². The number of carbonyl (C=O) groups excluding carboxylic acids is 1. The fourth-order valence-electron chi connectivity index (χ4n) is 1.50. The molecule has 0 spiro atoms. The lowest BCUT2D eigenvalue weighted by molar-refractivity contribution is 0.0601. The first-order chi connectivity index (χ1) is 7.61. The summed E-state index contributed by atoms with van der Waals surface area (Å²) in [5.41, 5.74) is 0.536. The van der Waals surface area contributed by atoms with E-state index in [0.29, 0.717) is 5.56 Å². The molecular weight excluding hydrogens is 224 g/mol. The quantitative estimate of drug-likeness (QED) is 0.815. The fourth-order valence-corrected chi connectivity index (χ4v) is 2.54. The highest BCUT2D eigenvalue weighted by Crippen LogP contribution is 2.30. The van der Waals surface area contributed by atoms with E-state index >= 15 is 0 Å². The monoisotopic (exact) mass is 236 g/mol. The first-order valence-electron chi connectivity index (χ1n) is 4.91. The molecule has 4 heteroatoms. The van der Waals surface area contributed by atoms with E-state index in [1.807, 2.05) is 12.1 Å². The SMILES string of the molecule is COC(=O)c1ccc2cc(C(C)O)sc2c1. The van der Waals surface area contributed by atoms with Crippen LogP contribution in [-0.4, -0.2) is 18.2 Å². The van der Waals surface area contributed by atoms with Gasteiger partial charge in [0, 0.05) is 9.58 Å². The molecule has 0 bridgehead atoms. The average Bonchev–Trinajstić information content (AvgIpc) is 2.70. The highest BCUT2D eigenvalue weighted by molar-refractivity contribution is 7.19. The Morgan fingerprint density at radius 2 is 2.19 bits per heavy atom. The summed E-state index contributed by atoms with van der Waals surface area (Å²) in [6.07, 6.45) is -0.473. The highest BCUT2D eigenvalue weighted by atomic mass is 32.1. The van der Waals surface area contributed by atoms with Gasteiger partial charge in [0.1, 0.15) is 0 Å². The Balaban J connectivity index is 2.49. The van der Waals surface area contributed by atoms with Crippen LogP contribution in [0.1, 0.15) is 28.3 Å². The molecule has 2 aromatic rings. The van der Waals surface area contributed by atoms with Crippen molar-refractivity contribution < 1.29 is 14.6 Å². The fraction of sp³-hybridized carbons (Fsp3) is 0.250. The van der Waals surface area contributed by atoms with Gasteiger partial charge in [0.15, 0.2) is 0 Å². The van der Waals surface area contributed by atoms with Gasteiger partial charge in [-0.25, -0.2) is 4.79 Å². The van der Waals surface area contributed by atoms with Crippen molar-refractivity contribution in [3.05, 3.63) is 34.7 Å². The number of methoxy groups -OCH3 is 1. The predicted molar refractivity (Wildman–Crippen MR) is 63.8 cm³/mol. The smallest absolute Gasteiger partial charge is 0.337 e. The van der Waals surface area contributed by atoms with E-state index in [2.05, 4.69) is 4.74 Å². The minimum Gasteiger partial charge on any atom is -0.465 e. The summed E-state index contributed by atoms with van der Waals surface area (Å²) in [4.78, 5) is 12.2. The minimum absolute atomic E-state index is 0.339. The first kappa shape index (κ1) is 11.1. The second-order valence-electron chi connectivity index (χ2n) is 3.57. The van der Waals surface area contributed by atoms with Gasteiger partial charge in [-0.3, -0.25) is 0 Å². The van der Waals surface area contributed by atoms with E-state index in [0.717, 1.165) is 15.0 Å². The topological polar surface area (TPSA) is 46.5 Å². The Bertz CT molecular complexity index is 528. The molecule has 84 valence electrons. The summed E-state index contributed by atoms with van der Waals surface area (Å²) in [6, 6.07) is 7.32. The molecule has 3 nitrogen and oxygen atoms in total. The zero-order valence-corrected chi connectivity index (χ0v) is 9.88.